The van der Waals surface area contributed by atoms with Gasteiger partial charge in [-0.15, -0.1) is 0 Å². The quantitative estimate of drug-likeness (QED) is 0.525. The predicted molar refractivity (Wildman–Crippen MR) is 98.8 cm³/mol. The van der Waals surface area contributed by atoms with Crippen molar-refractivity contribution in [2.75, 3.05) is 0 Å². The van der Waals surface area contributed by atoms with Crippen molar-refractivity contribution in [2.45, 2.75) is 12.8 Å². The van der Waals surface area contributed by atoms with E-state index in [-0.39, 0.29) is 0 Å². The van der Waals surface area contributed by atoms with Gasteiger partial charge in [0.1, 0.15) is 0 Å². The third-order valence-electron chi connectivity index (χ3n) is 4.32. The molecular weight excluding hydrogens is 292 g/mol. The lowest BCUT2D eigenvalue weighted by Crippen LogP contribution is -1.97. The minimum absolute atomic E-state index is 0.960. The summed E-state index contributed by atoms with van der Waals surface area (Å²) in [5, 5.41) is 2.51. The Kier molecular flexibility index (Phi) is 4.03. The molecule has 0 atom stereocenters. The molecule has 0 bridgehead atoms. The van der Waals surface area contributed by atoms with E-state index in [1.807, 2.05) is 30.7 Å². The van der Waals surface area contributed by atoms with E-state index >= 15 is 0 Å². The van der Waals surface area contributed by atoms with Crippen LogP contribution in [0.15, 0.2) is 85.3 Å². The summed E-state index contributed by atoms with van der Waals surface area (Å²) in [5.74, 6) is 0. The summed E-state index contributed by atoms with van der Waals surface area (Å²) < 4.78 is 0. The molecule has 0 spiro atoms. The predicted octanol–water partition coefficient (Wildman–Crippen LogP) is 5.08. The summed E-state index contributed by atoms with van der Waals surface area (Å²) in [5.41, 5.74) is 4.78. The van der Waals surface area contributed by atoms with Crippen molar-refractivity contribution in [3.63, 3.8) is 0 Å². The van der Waals surface area contributed by atoms with Crippen molar-refractivity contribution in [3.05, 3.63) is 96.4 Å². The average Bonchev–Trinajstić information content (AvgIpc) is 2.67. The summed E-state index contributed by atoms with van der Waals surface area (Å²) in [6.07, 6.45) is 7.56. The summed E-state index contributed by atoms with van der Waals surface area (Å²) in [6.45, 7) is 0. The largest absolute Gasteiger partial charge is 0.264 e. The van der Waals surface area contributed by atoms with Crippen LogP contribution in [0.2, 0.25) is 0 Å². The second-order valence-electron chi connectivity index (χ2n) is 5.93. The second-order valence-corrected chi connectivity index (χ2v) is 5.93. The van der Waals surface area contributed by atoms with Crippen LogP contribution in [0.25, 0.3) is 22.0 Å². The van der Waals surface area contributed by atoms with Crippen molar-refractivity contribution >= 4 is 10.8 Å². The Labute approximate surface area is 141 Å². The topological polar surface area (TPSA) is 25.8 Å². The molecule has 0 fully saturated rings. The molecule has 0 radical (unpaired) electrons. The second kappa shape index (κ2) is 6.63. The molecule has 116 valence electrons. The first kappa shape index (κ1) is 14.6. The zero-order valence-corrected chi connectivity index (χ0v) is 13.4. The maximum Gasteiger partial charge on any atom is 0.0734 e. The van der Waals surface area contributed by atoms with Gasteiger partial charge in [0.15, 0.2) is 0 Å². The van der Waals surface area contributed by atoms with Crippen molar-refractivity contribution in [3.8, 4) is 11.3 Å². The van der Waals surface area contributed by atoms with Gasteiger partial charge in [-0.3, -0.25) is 9.97 Å². The number of pyridine rings is 2. The van der Waals surface area contributed by atoms with Gasteiger partial charge < -0.3 is 0 Å². The molecule has 2 aromatic heterocycles. The first-order valence-corrected chi connectivity index (χ1v) is 8.22. The Bertz CT molecular complexity index is 961. The smallest absolute Gasteiger partial charge is 0.0734 e. The Balaban J connectivity index is 1.67. The van der Waals surface area contributed by atoms with Gasteiger partial charge in [0.25, 0.3) is 0 Å². The fraction of sp³-hybridized carbons (Fsp3) is 0.0909. The minimum Gasteiger partial charge on any atom is -0.264 e. The van der Waals surface area contributed by atoms with Crippen LogP contribution in [-0.4, -0.2) is 9.97 Å². The maximum absolute atomic E-state index is 4.65. The molecule has 0 N–H and O–H groups in total. The molecule has 0 saturated heterocycles. The molecule has 0 unspecified atom stereocenters. The van der Waals surface area contributed by atoms with Gasteiger partial charge in [0.2, 0.25) is 0 Å². The fourth-order valence-corrected chi connectivity index (χ4v) is 3.06. The zero-order valence-electron chi connectivity index (χ0n) is 13.4. The Hall–Kier alpha value is -3.00. The molecular formula is C22H18N2. The van der Waals surface area contributed by atoms with Crippen LogP contribution in [0.3, 0.4) is 0 Å². The third-order valence-corrected chi connectivity index (χ3v) is 4.32. The van der Waals surface area contributed by atoms with E-state index < -0.39 is 0 Å². The number of nitrogens with zero attached hydrogens (tertiary/aromatic N) is 2. The molecule has 2 heteroatoms. The molecule has 0 saturated carbocycles. The molecule has 4 aromatic rings. The van der Waals surface area contributed by atoms with E-state index in [0.717, 1.165) is 18.5 Å². The van der Waals surface area contributed by atoms with Crippen LogP contribution in [0.4, 0.5) is 0 Å². The van der Waals surface area contributed by atoms with E-state index in [1.54, 1.807) is 0 Å². The molecule has 0 aliphatic heterocycles. The van der Waals surface area contributed by atoms with Gasteiger partial charge >= 0.3 is 0 Å². The van der Waals surface area contributed by atoms with Crippen molar-refractivity contribution in [2.24, 2.45) is 0 Å². The van der Waals surface area contributed by atoms with Gasteiger partial charge in [-0.05, 0) is 52.9 Å². The summed E-state index contributed by atoms with van der Waals surface area (Å²) in [7, 11) is 0. The van der Waals surface area contributed by atoms with Gasteiger partial charge in [0.05, 0.1) is 5.69 Å². The highest BCUT2D eigenvalue weighted by Gasteiger charge is 2.07. The highest BCUT2D eigenvalue weighted by molar-refractivity contribution is 5.87. The number of fused-ring (bicyclic) bond motifs is 1. The number of hydrogen-bond donors (Lipinski definition) is 0. The number of aromatic nitrogens is 2. The normalized spacial score (nSPS) is 10.8. The fourth-order valence-electron chi connectivity index (χ4n) is 3.06. The Morgan fingerprint density at radius 2 is 1.58 bits per heavy atom. The van der Waals surface area contributed by atoms with Gasteiger partial charge in [-0.25, -0.2) is 0 Å². The zero-order chi connectivity index (χ0) is 16.2. The number of hydrogen-bond acceptors (Lipinski definition) is 2. The summed E-state index contributed by atoms with van der Waals surface area (Å²) in [6, 6.07) is 23.3. The molecule has 0 amide bonds. The van der Waals surface area contributed by atoms with Crippen LogP contribution >= 0.6 is 0 Å². The SMILES string of the molecule is c1cncc(CCc2cccnc2-c2ccc3ccccc3c2)c1. The number of benzene rings is 2. The summed E-state index contributed by atoms with van der Waals surface area (Å²) in [4.78, 5) is 8.85. The Morgan fingerprint density at radius 3 is 2.46 bits per heavy atom. The lowest BCUT2D eigenvalue weighted by atomic mass is 9.98. The highest BCUT2D eigenvalue weighted by Crippen LogP contribution is 2.26. The van der Waals surface area contributed by atoms with Gasteiger partial charge in [-0.2, -0.15) is 0 Å². The monoisotopic (exact) mass is 310 g/mol. The molecule has 2 heterocycles. The molecule has 2 aromatic carbocycles. The van der Waals surface area contributed by atoms with E-state index in [0.29, 0.717) is 0 Å². The average molecular weight is 310 g/mol. The van der Waals surface area contributed by atoms with E-state index in [2.05, 4.69) is 64.6 Å². The first-order chi connectivity index (χ1) is 11.9. The molecule has 2 nitrogen and oxygen atoms in total. The standard InChI is InChI=1S/C22H18N2/c1-2-7-20-15-21(12-11-18(20)6-1)22-19(8-4-14-24-22)10-9-17-5-3-13-23-16-17/h1-8,11-16H,9-10H2. The Morgan fingerprint density at radius 1 is 0.708 bits per heavy atom. The van der Waals surface area contributed by atoms with Crippen molar-refractivity contribution < 1.29 is 0 Å². The van der Waals surface area contributed by atoms with Crippen LogP contribution < -0.4 is 0 Å². The van der Waals surface area contributed by atoms with E-state index in [9.17, 15) is 0 Å². The van der Waals surface area contributed by atoms with Crippen molar-refractivity contribution in [1.82, 2.24) is 9.97 Å². The number of aryl methyl sites for hydroxylation is 2. The van der Waals surface area contributed by atoms with Crippen LogP contribution in [0.1, 0.15) is 11.1 Å². The maximum atomic E-state index is 4.65. The summed E-state index contributed by atoms with van der Waals surface area (Å²) >= 11 is 0. The highest BCUT2D eigenvalue weighted by atomic mass is 14.7. The van der Waals surface area contributed by atoms with Gasteiger partial charge in [0, 0.05) is 24.2 Å². The molecule has 0 aliphatic rings. The molecule has 0 aliphatic carbocycles. The minimum atomic E-state index is 0.960. The van der Waals surface area contributed by atoms with Crippen molar-refractivity contribution in [1.29, 1.82) is 0 Å². The van der Waals surface area contributed by atoms with Crippen LogP contribution in [-0.2, 0) is 12.8 Å². The molecule has 4 rings (SSSR count). The first-order valence-electron chi connectivity index (χ1n) is 8.22. The lowest BCUT2D eigenvalue weighted by molar-refractivity contribution is 0.943. The van der Waals surface area contributed by atoms with E-state index in [4.69, 9.17) is 0 Å². The van der Waals surface area contributed by atoms with Crippen LogP contribution in [0, 0.1) is 0 Å². The van der Waals surface area contributed by atoms with Gasteiger partial charge in [-0.1, -0.05) is 48.5 Å². The van der Waals surface area contributed by atoms with Crippen LogP contribution in [0.5, 0.6) is 0 Å². The molecule has 24 heavy (non-hydrogen) atoms. The third kappa shape index (κ3) is 3.04. The van der Waals surface area contributed by atoms with E-state index in [1.165, 1.54) is 27.5 Å². The lowest BCUT2D eigenvalue weighted by Gasteiger charge is -2.10. The number of rotatable bonds is 4.